The summed E-state index contributed by atoms with van der Waals surface area (Å²) in [6, 6.07) is 4.96. The molecule has 0 saturated heterocycles. The van der Waals surface area contributed by atoms with Gasteiger partial charge in [0.2, 0.25) is 5.91 Å². The molecule has 0 radical (unpaired) electrons. The van der Waals surface area contributed by atoms with Gasteiger partial charge in [0.1, 0.15) is 6.29 Å². The van der Waals surface area contributed by atoms with Crippen LogP contribution in [0.3, 0.4) is 0 Å². The monoisotopic (exact) mass is 245 g/mol. The standard InChI is InChI=1S/C7H6O4S.C2H5NO/c8-5-6-1-3-7(4-2-6)12(9,10)11;1-2(3)4/h1-5H,(H,9,10,11);1H3,(H2,3,4). The van der Waals surface area contributed by atoms with Gasteiger partial charge in [-0.3, -0.25) is 14.1 Å². The van der Waals surface area contributed by atoms with E-state index < -0.39 is 10.1 Å². The minimum Gasteiger partial charge on any atom is -0.370 e. The summed E-state index contributed by atoms with van der Waals surface area (Å²) in [4.78, 5) is 19.2. The molecule has 0 atom stereocenters. The van der Waals surface area contributed by atoms with Crippen LogP contribution < -0.4 is 5.73 Å². The number of amides is 1. The quantitative estimate of drug-likeness (QED) is 0.572. The third-order valence-corrected chi connectivity index (χ3v) is 2.18. The molecular formula is C9H11NO5S. The molecule has 0 spiro atoms. The molecule has 3 N–H and O–H groups in total. The maximum atomic E-state index is 10.5. The second kappa shape index (κ2) is 5.99. The fourth-order valence-corrected chi connectivity index (χ4v) is 1.20. The first-order valence-electron chi connectivity index (χ1n) is 4.06. The Morgan fingerprint density at radius 3 is 1.94 bits per heavy atom. The number of aldehydes is 1. The van der Waals surface area contributed by atoms with Crippen molar-refractivity contribution in [3.63, 3.8) is 0 Å². The second-order valence-electron chi connectivity index (χ2n) is 2.77. The van der Waals surface area contributed by atoms with E-state index >= 15 is 0 Å². The lowest BCUT2D eigenvalue weighted by molar-refractivity contribution is -0.115. The van der Waals surface area contributed by atoms with Crippen LogP contribution in [-0.4, -0.2) is 25.2 Å². The Hall–Kier alpha value is -1.73. The van der Waals surface area contributed by atoms with Crippen LogP contribution in [0.1, 0.15) is 17.3 Å². The van der Waals surface area contributed by atoms with Gasteiger partial charge in [0.15, 0.2) is 0 Å². The molecule has 1 rings (SSSR count). The molecule has 1 aromatic carbocycles. The van der Waals surface area contributed by atoms with Crippen molar-refractivity contribution in [1.82, 2.24) is 0 Å². The number of carbonyl (C=O) groups is 2. The molecule has 0 heterocycles. The summed E-state index contributed by atoms with van der Waals surface area (Å²) in [6.07, 6.45) is 0.591. The molecule has 0 unspecified atom stereocenters. The summed E-state index contributed by atoms with van der Waals surface area (Å²) in [7, 11) is -4.14. The highest BCUT2D eigenvalue weighted by Crippen LogP contribution is 2.08. The topological polar surface area (TPSA) is 115 Å². The molecule has 0 aliphatic heterocycles. The van der Waals surface area contributed by atoms with Crippen LogP contribution >= 0.6 is 0 Å². The number of nitrogens with two attached hydrogens (primary N) is 1. The van der Waals surface area contributed by atoms with E-state index in [4.69, 9.17) is 4.55 Å². The van der Waals surface area contributed by atoms with Crippen molar-refractivity contribution >= 4 is 22.3 Å². The van der Waals surface area contributed by atoms with Crippen LogP contribution in [0.15, 0.2) is 29.2 Å². The highest BCUT2D eigenvalue weighted by atomic mass is 32.2. The first-order chi connectivity index (χ1) is 7.27. The molecule has 1 aromatic rings. The van der Waals surface area contributed by atoms with Gasteiger partial charge in [-0.15, -0.1) is 0 Å². The molecule has 0 aliphatic carbocycles. The Bertz CT molecular complexity index is 459. The van der Waals surface area contributed by atoms with Crippen LogP contribution in [0.2, 0.25) is 0 Å². The van der Waals surface area contributed by atoms with Crippen LogP contribution in [0.5, 0.6) is 0 Å². The minimum atomic E-state index is -4.14. The van der Waals surface area contributed by atoms with E-state index in [-0.39, 0.29) is 10.8 Å². The predicted molar refractivity (Wildman–Crippen MR) is 56.5 cm³/mol. The third-order valence-electron chi connectivity index (χ3n) is 1.31. The smallest absolute Gasteiger partial charge is 0.294 e. The summed E-state index contributed by atoms with van der Waals surface area (Å²) in [6.45, 7) is 1.31. The summed E-state index contributed by atoms with van der Waals surface area (Å²) < 4.78 is 29.5. The Morgan fingerprint density at radius 1 is 1.31 bits per heavy atom. The van der Waals surface area contributed by atoms with Crippen molar-refractivity contribution < 1.29 is 22.6 Å². The van der Waals surface area contributed by atoms with E-state index in [0.29, 0.717) is 11.8 Å². The number of hydrogen-bond donors (Lipinski definition) is 2. The van der Waals surface area contributed by atoms with Gasteiger partial charge in [-0.05, 0) is 12.1 Å². The SMILES string of the molecule is CC(N)=O.O=Cc1ccc(S(=O)(=O)O)cc1. The Balaban J connectivity index is 0.000000487. The maximum absolute atomic E-state index is 10.5. The van der Waals surface area contributed by atoms with E-state index in [2.05, 4.69) is 5.73 Å². The minimum absolute atomic E-state index is 0.215. The van der Waals surface area contributed by atoms with E-state index in [1.54, 1.807) is 0 Å². The van der Waals surface area contributed by atoms with Gasteiger partial charge in [-0.25, -0.2) is 0 Å². The lowest BCUT2D eigenvalue weighted by Crippen LogP contribution is -2.01. The normalized spacial score (nSPS) is 9.88. The number of primary amides is 1. The zero-order valence-corrected chi connectivity index (χ0v) is 9.27. The number of carbonyl (C=O) groups excluding carboxylic acids is 2. The Labute approximate surface area is 92.8 Å². The molecule has 0 fully saturated rings. The Kier molecular flexibility index (Phi) is 5.34. The van der Waals surface area contributed by atoms with Gasteiger partial charge >= 0.3 is 0 Å². The maximum Gasteiger partial charge on any atom is 0.294 e. The van der Waals surface area contributed by atoms with Gasteiger partial charge in [0.05, 0.1) is 4.90 Å². The number of rotatable bonds is 2. The molecule has 6 nitrogen and oxygen atoms in total. The van der Waals surface area contributed by atoms with E-state index in [9.17, 15) is 18.0 Å². The molecule has 0 bridgehead atoms. The first kappa shape index (κ1) is 14.3. The van der Waals surface area contributed by atoms with Gasteiger partial charge in [0, 0.05) is 12.5 Å². The molecule has 0 aromatic heterocycles. The highest BCUT2D eigenvalue weighted by molar-refractivity contribution is 7.85. The largest absolute Gasteiger partial charge is 0.370 e. The molecule has 1 amide bonds. The van der Waals surface area contributed by atoms with Crippen LogP contribution in [0, 0.1) is 0 Å². The van der Waals surface area contributed by atoms with Crippen LogP contribution in [0.4, 0.5) is 0 Å². The van der Waals surface area contributed by atoms with Crippen molar-refractivity contribution in [2.24, 2.45) is 5.73 Å². The van der Waals surface area contributed by atoms with E-state index in [1.165, 1.54) is 31.2 Å². The van der Waals surface area contributed by atoms with E-state index in [0.717, 1.165) is 0 Å². The lowest BCUT2D eigenvalue weighted by atomic mass is 10.2. The fraction of sp³-hybridized carbons (Fsp3) is 0.111. The second-order valence-corrected chi connectivity index (χ2v) is 4.19. The van der Waals surface area contributed by atoms with Gasteiger partial charge in [-0.2, -0.15) is 8.42 Å². The predicted octanol–water partition coefficient (Wildman–Crippen LogP) is 0.237. The summed E-state index contributed by atoms with van der Waals surface area (Å²) in [5, 5.41) is 0. The summed E-state index contributed by atoms with van der Waals surface area (Å²) in [5.74, 6) is -0.333. The molecule has 0 saturated carbocycles. The van der Waals surface area contributed by atoms with Crippen molar-refractivity contribution in [3.8, 4) is 0 Å². The molecular weight excluding hydrogens is 234 g/mol. The van der Waals surface area contributed by atoms with Crippen molar-refractivity contribution in [2.75, 3.05) is 0 Å². The van der Waals surface area contributed by atoms with Crippen LogP contribution in [-0.2, 0) is 14.9 Å². The highest BCUT2D eigenvalue weighted by Gasteiger charge is 2.07. The summed E-state index contributed by atoms with van der Waals surface area (Å²) >= 11 is 0. The van der Waals surface area contributed by atoms with Crippen molar-refractivity contribution in [3.05, 3.63) is 29.8 Å². The zero-order chi connectivity index (χ0) is 12.8. The average Bonchev–Trinajstić information content (AvgIpc) is 2.16. The summed E-state index contributed by atoms with van der Waals surface area (Å²) in [5.41, 5.74) is 4.84. The molecule has 16 heavy (non-hydrogen) atoms. The molecule has 7 heteroatoms. The van der Waals surface area contributed by atoms with Crippen LogP contribution in [0.25, 0.3) is 0 Å². The Morgan fingerprint density at radius 2 is 1.69 bits per heavy atom. The van der Waals surface area contributed by atoms with Gasteiger partial charge in [0.25, 0.3) is 10.1 Å². The number of hydrogen-bond acceptors (Lipinski definition) is 4. The lowest BCUT2D eigenvalue weighted by Gasteiger charge is -1.95. The van der Waals surface area contributed by atoms with Gasteiger partial charge in [-0.1, -0.05) is 12.1 Å². The van der Waals surface area contributed by atoms with E-state index in [1.807, 2.05) is 0 Å². The fourth-order valence-electron chi connectivity index (χ4n) is 0.718. The number of benzene rings is 1. The first-order valence-corrected chi connectivity index (χ1v) is 5.50. The van der Waals surface area contributed by atoms with Crippen molar-refractivity contribution in [1.29, 1.82) is 0 Å². The van der Waals surface area contributed by atoms with Gasteiger partial charge < -0.3 is 5.73 Å². The molecule has 88 valence electrons. The van der Waals surface area contributed by atoms with Crippen molar-refractivity contribution in [2.45, 2.75) is 11.8 Å². The third kappa shape index (κ3) is 5.89. The molecule has 0 aliphatic rings. The zero-order valence-electron chi connectivity index (χ0n) is 8.45. The average molecular weight is 245 g/mol.